The molecule has 2 heterocycles. The molecule has 0 aliphatic rings. The molecule has 11 heteroatoms. The maximum Gasteiger partial charge on any atom is 0.226 e. The highest BCUT2D eigenvalue weighted by Gasteiger charge is 2.16. The minimum atomic E-state index is -0.0684. The van der Waals surface area contributed by atoms with Crippen molar-refractivity contribution in [2.75, 3.05) is 24.3 Å². The molecule has 1 unspecified atom stereocenters. The summed E-state index contributed by atoms with van der Waals surface area (Å²) >= 11 is 0. The van der Waals surface area contributed by atoms with E-state index in [1.807, 2.05) is 13.8 Å². The summed E-state index contributed by atoms with van der Waals surface area (Å²) in [5.74, 6) is 0.956. The van der Waals surface area contributed by atoms with E-state index in [1.165, 1.54) is 19.2 Å². The molecular weight excluding hydrogens is 364 g/mol. The van der Waals surface area contributed by atoms with Crippen LogP contribution in [0.25, 0.3) is 11.2 Å². The summed E-state index contributed by atoms with van der Waals surface area (Å²) in [5, 5.41) is 34.6. The van der Waals surface area contributed by atoms with E-state index in [9.17, 15) is 10.2 Å². The lowest BCUT2D eigenvalue weighted by Gasteiger charge is -2.12. The van der Waals surface area contributed by atoms with E-state index in [1.54, 1.807) is 4.68 Å². The van der Waals surface area contributed by atoms with Crippen LogP contribution in [-0.2, 0) is 13.1 Å². The van der Waals surface area contributed by atoms with Gasteiger partial charge in [-0.15, -0.1) is 5.10 Å². The Morgan fingerprint density at radius 3 is 2.68 bits per heavy atom. The lowest BCUT2D eigenvalue weighted by molar-refractivity contribution is 0.367. The third kappa shape index (κ3) is 3.98. The van der Waals surface area contributed by atoms with Gasteiger partial charge in [0.05, 0.1) is 7.11 Å². The van der Waals surface area contributed by atoms with Crippen molar-refractivity contribution in [3.05, 3.63) is 17.7 Å². The molecule has 0 amide bonds. The fraction of sp³-hybridized carbons (Fsp3) is 0.412. The monoisotopic (exact) mass is 388 g/mol. The molecule has 3 rings (SSSR count). The van der Waals surface area contributed by atoms with Crippen LogP contribution in [0.15, 0.2) is 12.1 Å². The van der Waals surface area contributed by atoms with Crippen LogP contribution in [0.4, 0.5) is 11.8 Å². The third-order valence-corrected chi connectivity index (χ3v) is 4.07. The molecule has 150 valence electrons. The number of hydrogen-bond acceptors (Lipinski definition) is 10. The molecule has 0 aliphatic carbocycles. The van der Waals surface area contributed by atoms with Gasteiger partial charge in [-0.3, -0.25) is 0 Å². The van der Waals surface area contributed by atoms with Gasteiger partial charge in [0.2, 0.25) is 5.95 Å². The first-order chi connectivity index (χ1) is 13.4. The van der Waals surface area contributed by atoms with Crippen molar-refractivity contribution in [1.82, 2.24) is 25.0 Å². The molecule has 0 spiro atoms. The minimum Gasteiger partial charge on any atom is -0.507 e. The van der Waals surface area contributed by atoms with Gasteiger partial charge in [-0.2, -0.15) is 9.97 Å². The topological polar surface area (TPSA) is 156 Å². The van der Waals surface area contributed by atoms with E-state index in [0.717, 1.165) is 0 Å². The zero-order chi connectivity index (χ0) is 20.3. The van der Waals surface area contributed by atoms with Crippen LogP contribution < -0.4 is 21.1 Å². The van der Waals surface area contributed by atoms with Crippen molar-refractivity contribution in [2.45, 2.75) is 33.0 Å². The van der Waals surface area contributed by atoms with Crippen LogP contribution in [-0.4, -0.2) is 54.9 Å². The van der Waals surface area contributed by atoms with Gasteiger partial charge in [-0.25, -0.2) is 4.68 Å². The summed E-state index contributed by atoms with van der Waals surface area (Å²) in [6.07, 6.45) is 0. The highest BCUT2D eigenvalue weighted by Crippen LogP contribution is 2.33. The fourth-order valence-corrected chi connectivity index (χ4v) is 2.61. The molecule has 0 radical (unpaired) electrons. The number of nitrogens with two attached hydrogens (primary N) is 1. The Morgan fingerprint density at radius 2 is 2.00 bits per heavy atom. The first-order valence-electron chi connectivity index (χ1n) is 8.86. The quantitative estimate of drug-likeness (QED) is 0.353. The molecule has 0 fully saturated rings. The summed E-state index contributed by atoms with van der Waals surface area (Å²) in [7, 11) is 1.41. The van der Waals surface area contributed by atoms with Gasteiger partial charge in [0.1, 0.15) is 5.75 Å². The first kappa shape index (κ1) is 19.4. The summed E-state index contributed by atoms with van der Waals surface area (Å²) in [5.41, 5.74) is 7.34. The van der Waals surface area contributed by atoms with Crippen molar-refractivity contribution < 1.29 is 14.9 Å². The molecule has 0 aliphatic heterocycles. The number of phenols is 2. The normalized spacial score (nSPS) is 12.1. The maximum atomic E-state index is 10.2. The van der Waals surface area contributed by atoms with Crippen molar-refractivity contribution in [1.29, 1.82) is 0 Å². The zero-order valence-electron chi connectivity index (χ0n) is 16.0. The summed E-state index contributed by atoms with van der Waals surface area (Å²) < 4.78 is 6.65. The second-order valence-corrected chi connectivity index (χ2v) is 6.34. The summed E-state index contributed by atoms with van der Waals surface area (Å²) in [6.45, 7) is 5.12. The number of rotatable bonds is 8. The number of nitrogens with zero attached hydrogens (tertiary/aromatic N) is 5. The van der Waals surface area contributed by atoms with Crippen LogP contribution in [0.5, 0.6) is 17.2 Å². The first-order valence-corrected chi connectivity index (χ1v) is 8.86. The number of anilines is 2. The minimum absolute atomic E-state index is 0.0139. The van der Waals surface area contributed by atoms with E-state index >= 15 is 0 Å². The average molecular weight is 388 g/mol. The smallest absolute Gasteiger partial charge is 0.226 e. The van der Waals surface area contributed by atoms with Crippen molar-refractivity contribution in [2.24, 2.45) is 5.73 Å². The second kappa shape index (κ2) is 8.13. The molecule has 2 aromatic heterocycles. The van der Waals surface area contributed by atoms with E-state index in [0.29, 0.717) is 41.6 Å². The van der Waals surface area contributed by atoms with Crippen molar-refractivity contribution in [3.63, 3.8) is 0 Å². The van der Waals surface area contributed by atoms with Crippen LogP contribution in [0, 0.1) is 0 Å². The SMILES string of the molecule is CCn1nnc2c(NCc3cc(O)c(OC)cc3O)nc(NCC(C)N)nc21. The molecule has 28 heavy (non-hydrogen) atoms. The van der Waals surface area contributed by atoms with E-state index in [2.05, 4.69) is 30.9 Å². The molecule has 1 aromatic carbocycles. The molecule has 3 aromatic rings. The number of ether oxygens (including phenoxy) is 1. The van der Waals surface area contributed by atoms with Crippen LogP contribution in [0.3, 0.4) is 0 Å². The molecule has 11 nitrogen and oxygen atoms in total. The number of nitrogens with one attached hydrogen (secondary N) is 2. The van der Waals surface area contributed by atoms with E-state index in [-0.39, 0.29) is 29.8 Å². The van der Waals surface area contributed by atoms with Gasteiger partial charge in [-0.05, 0) is 19.9 Å². The fourth-order valence-electron chi connectivity index (χ4n) is 2.61. The molecular formula is C17H24N8O3. The number of hydrogen-bond donors (Lipinski definition) is 5. The zero-order valence-corrected chi connectivity index (χ0v) is 16.0. The average Bonchev–Trinajstić information content (AvgIpc) is 3.09. The Labute approximate surface area is 161 Å². The van der Waals surface area contributed by atoms with Gasteiger partial charge in [-0.1, -0.05) is 5.21 Å². The number of phenolic OH excluding ortho intramolecular Hbond substituents is 2. The highest BCUT2D eigenvalue weighted by atomic mass is 16.5. The van der Waals surface area contributed by atoms with Crippen LogP contribution in [0.2, 0.25) is 0 Å². The predicted octanol–water partition coefficient (Wildman–Crippen LogP) is 1.03. The number of aryl methyl sites for hydroxylation is 1. The third-order valence-electron chi connectivity index (χ3n) is 4.07. The van der Waals surface area contributed by atoms with Crippen molar-refractivity contribution in [3.8, 4) is 17.2 Å². The molecule has 1 atom stereocenters. The number of methoxy groups -OCH3 is 1. The van der Waals surface area contributed by atoms with Gasteiger partial charge in [0.25, 0.3) is 0 Å². The van der Waals surface area contributed by atoms with E-state index in [4.69, 9.17) is 10.5 Å². The molecule has 0 saturated heterocycles. The largest absolute Gasteiger partial charge is 0.507 e. The lowest BCUT2D eigenvalue weighted by Crippen LogP contribution is -2.26. The van der Waals surface area contributed by atoms with Gasteiger partial charge in [0.15, 0.2) is 28.5 Å². The number of benzene rings is 1. The summed E-state index contributed by atoms with van der Waals surface area (Å²) in [6, 6.07) is 2.71. The Morgan fingerprint density at radius 1 is 1.21 bits per heavy atom. The highest BCUT2D eigenvalue weighted by molar-refractivity contribution is 5.83. The predicted molar refractivity (Wildman–Crippen MR) is 105 cm³/mol. The Kier molecular flexibility index (Phi) is 5.64. The number of aromatic hydroxyl groups is 2. The Hall–Kier alpha value is -3.34. The van der Waals surface area contributed by atoms with Crippen molar-refractivity contribution >= 4 is 22.9 Å². The van der Waals surface area contributed by atoms with Crippen LogP contribution >= 0.6 is 0 Å². The maximum absolute atomic E-state index is 10.2. The second-order valence-electron chi connectivity index (χ2n) is 6.34. The molecule has 0 bridgehead atoms. The molecule has 0 saturated carbocycles. The van der Waals surface area contributed by atoms with Gasteiger partial charge in [0, 0.05) is 37.3 Å². The molecule has 6 N–H and O–H groups in total. The van der Waals surface area contributed by atoms with Gasteiger partial charge < -0.3 is 31.3 Å². The Bertz CT molecular complexity index is 973. The number of aromatic nitrogens is 5. The number of fused-ring (bicyclic) bond motifs is 1. The van der Waals surface area contributed by atoms with E-state index < -0.39 is 0 Å². The summed E-state index contributed by atoms with van der Waals surface area (Å²) in [4.78, 5) is 8.91. The lowest BCUT2D eigenvalue weighted by atomic mass is 10.1. The standard InChI is InChI=1S/C17H24N8O3/c1-4-25-16-14(23-24-25)15(21-17(22-16)20-7-9(2)18)19-8-10-5-12(27)13(28-3)6-11(10)26/h5-6,9,26-27H,4,7-8,18H2,1-3H3,(H2,19,20,21,22). The van der Waals surface area contributed by atoms with Crippen LogP contribution in [0.1, 0.15) is 19.4 Å². The van der Waals surface area contributed by atoms with Gasteiger partial charge >= 0.3 is 0 Å². The Balaban J connectivity index is 1.91.